The maximum atomic E-state index is 13.7. The van der Waals surface area contributed by atoms with E-state index in [1.165, 1.54) is 17.8 Å². The van der Waals surface area contributed by atoms with Gasteiger partial charge in [-0.15, -0.1) is 11.3 Å². The van der Waals surface area contributed by atoms with Gasteiger partial charge in [0.05, 0.1) is 11.9 Å². The third kappa shape index (κ3) is 4.42. The molecule has 0 aliphatic rings. The fraction of sp³-hybridized carbons (Fsp3) is 0.217. The number of hydrogen-bond donors (Lipinski definition) is 2. The average molecular weight is 599 g/mol. The minimum absolute atomic E-state index is 0.0224. The molecule has 0 spiro atoms. The fourth-order valence-electron chi connectivity index (χ4n) is 4.13. The highest BCUT2D eigenvalue weighted by atomic mass is 35.5. The Bertz CT molecular complexity index is 1860. The summed E-state index contributed by atoms with van der Waals surface area (Å²) in [5, 5.41) is 9.92. The zero-order valence-corrected chi connectivity index (χ0v) is 22.1. The van der Waals surface area contributed by atoms with E-state index in [9.17, 15) is 31.5 Å². The lowest BCUT2D eigenvalue weighted by Gasteiger charge is -2.10. The number of anilines is 1. The number of nitrogens with zero attached hydrogens (tertiary/aromatic N) is 6. The summed E-state index contributed by atoms with van der Waals surface area (Å²) in [6.07, 6.45) is -6.39. The molecule has 0 aromatic carbocycles. The summed E-state index contributed by atoms with van der Waals surface area (Å²) in [6, 6.07) is 1.84. The van der Waals surface area contributed by atoms with Crippen LogP contribution < -0.4 is 11.1 Å². The molecule has 5 aromatic rings. The Hall–Kier alpha value is -4.18. The number of primary amides is 1. The number of nitrogens with two attached hydrogens (primary N) is 1. The van der Waals surface area contributed by atoms with Crippen molar-refractivity contribution >= 4 is 56.3 Å². The predicted molar refractivity (Wildman–Crippen MR) is 136 cm³/mol. The summed E-state index contributed by atoms with van der Waals surface area (Å²) in [4.78, 5) is 33.4. The van der Waals surface area contributed by atoms with E-state index in [1.54, 1.807) is 14.0 Å². The highest BCUT2D eigenvalue weighted by Crippen LogP contribution is 2.43. The van der Waals surface area contributed by atoms with Gasteiger partial charge in [-0.3, -0.25) is 14.3 Å². The summed E-state index contributed by atoms with van der Waals surface area (Å²) in [7, 11) is 1.63. The molecular formula is C23H16ClF5N8O2S. The summed E-state index contributed by atoms with van der Waals surface area (Å²) < 4.78 is 70.3. The van der Waals surface area contributed by atoms with Gasteiger partial charge in [-0.05, 0) is 31.5 Å². The molecule has 10 nitrogen and oxygen atoms in total. The molecule has 40 heavy (non-hydrogen) atoms. The molecule has 0 bridgehead atoms. The highest BCUT2D eigenvalue weighted by Gasteiger charge is 2.36. The second kappa shape index (κ2) is 9.48. The number of pyridine rings is 1. The normalized spacial score (nSPS) is 12.2. The Labute approximate surface area is 229 Å². The van der Waals surface area contributed by atoms with E-state index >= 15 is 0 Å². The van der Waals surface area contributed by atoms with E-state index < -0.39 is 52.2 Å². The first-order valence-corrected chi connectivity index (χ1v) is 12.4. The molecule has 0 radical (unpaired) electrons. The molecular weight excluding hydrogens is 583 g/mol. The Kier molecular flexibility index (Phi) is 6.49. The predicted octanol–water partition coefficient (Wildman–Crippen LogP) is 5.32. The van der Waals surface area contributed by atoms with Crippen LogP contribution in [0.3, 0.4) is 0 Å². The van der Waals surface area contributed by atoms with Gasteiger partial charge in [0, 0.05) is 29.4 Å². The highest BCUT2D eigenvalue weighted by molar-refractivity contribution is 7.21. The second-order valence-corrected chi connectivity index (χ2v) is 10.0. The van der Waals surface area contributed by atoms with Gasteiger partial charge in [0.1, 0.15) is 26.1 Å². The largest absolute Gasteiger partial charge is 0.433 e. The number of aryl methyl sites for hydroxylation is 2. The number of carbonyl (C=O) groups is 2. The molecule has 2 amide bonds. The molecule has 5 aromatic heterocycles. The lowest BCUT2D eigenvalue weighted by Crippen LogP contribution is -2.18. The van der Waals surface area contributed by atoms with Crippen LogP contribution in [0.5, 0.6) is 0 Å². The molecule has 0 aliphatic heterocycles. The van der Waals surface area contributed by atoms with Crippen molar-refractivity contribution in [1.29, 1.82) is 0 Å². The zero-order chi connectivity index (χ0) is 29.3. The summed E-state index contributed by atoms with van der Waals surface area (Å²) >= 11 is 6.90. The van der Waals surface area contributed by atoms with Gasteiger partial charge in [-0.25, -0.2) is 23.3 Å². The molecule has 0 saturated carbocycles. The van der Waals surface area contributed by atoms with Crippen LogP contribution in [0.25, 0.3) is 27.0 Å². The number of rotatable bonds is 5. The molecule has 208 valence electrons. The number of carbonyl (C=O) groups excluding carboxylic acids is 2. The SMILES string of the molecule is Cc1cc(C(F)(F)F)n2nc(C(=O)Nc3c(C(N)=O)sc4nc(C(F)F)cc(-c5cnn(C)c5C)c34)c(Cl)c2n1. The van der Waals surface area contributed by atoms with Crippen molar-refractivity contribution < 1.29 is 31.5 Å². The van der Waals surface area contributed by atoms with E-state index in [0.717, 1.165) is 12.1 Å². The lowest BCUT2D eigenvalue weighted by molar-refractivity contribution is -0.142. The number of alkyl halides is 5. The van der Waals surface area contributed by atoms with Crippen LogP contribution in [-0.4, -0.2) is 41.2 Å². The van der Waals surface area contributed by atoms with Crippen LogP contribution in [0, 0.1) is 13.8 Å². The van der Waals surface area contributed by atoms with Gasteiger partial charge < -0.3 is 11.1 Å². The molecule has 0 saturated heterocycles. The van der Waals surface area contributed by atoms with E-state index in [4.69, 9.17) is 17.3 Å². The smallest absolute Gasteiger partial charge is 0.365 e. The topological polar surface area (TPSA) is 133 Å². The number of nitrogens with one attached hydrogen (secondary N) is 1. The van der Waals surface area contributed by atoms with Crippen LogP contribution in [0.4, 0.5) is 27.6 Å². The third-order valence-corrected chi connectivity index (χ3v) is 7.51. The van der Waals surface area contributed by atoms with Crippen molar-refractivity contribution in [3.05, 3.63) is 56.7 Å². The molecule has 0 fully saturated rings. The molecule has 3 N–H and O–H groups in total. The fourth-order valence-corrected chi connectivity index (χ4v) is 5.39. The van der Waals surface area contributed by atoms with Crippen molar-refractivity contribution in [2.75, 3.05) is 5.32 Å². The number of halogens is 6. The summed E-state index contributed by atoms with van der Waals surface area (Å²) in [5.41, 5.74) is 3.61. The minimum Gasteiger partial charge on any atom is -0.365 e. The molecule has 0 aliphatic carbocycles. The molecule has 0 unspecified atom stereocenters. The maximum absolute atomic E-state index is 13.7. The Morgan fingerprint density at radius 1 is 1.15 bits per heavy atom. The van der Waals surface area contributed by atoms with E-state index in [1.807, 2.05) is 0 Å². The number of amides is 2. The molecule has 5 heterocycles. The van der Waals surface area contributed by atoms with Crippen LogP contribution in [0.2, 0.25) is 5.02 Å². The van der Waals surface area contributed by atoms with Gasteiger partial charge in [0.15, 0.2) is 11.3 Å². The van der Waals surface area contributed by atoms with Gasteiger partial charge in [-0.1, -0.05) is 11.6 Å². The Morgan fingerprint density at radius 2 is 1.85 bits per heavy atom. The Morgan fingerprint density at radius 3 is 2.42 bits per heavy atom. The zero-order valence-electron chi connectivity index (χ0n) is 20.6. The maximum Gasteiger partial charge on any atom is 0.433 e. The van der Waals surface area contributed by atoms with Crippen molar-refractivity contribution in [2.45, 2.75) is 26.4 Å². The van der Waals surface area contributed by atoms with E-state index in [-0.39, 0.29) is 32.0 Å². The number of fused-ring (bicyclic) bond motifs is 2. The van der Waals surface area contributed by atoms with Gasteiger partial charge in [0.25, 0.3) is 18.2 Å². The quantitative estimate of drug-likeness (QED) is 0.263. The summed E-state index contributed by atoms with van der Waals surface area (Å²) in [5.74, 6) is -2.11. The average Bonchev–Trinajstić information content (AvgIpc) is 3.51. The third-order valence-electron chi connectivity index (χ3n) is 6.06. The van der Waals surface area contributed by atoms with Crippen molar-refractivity contribution in [1.82, 2.24) is 29.4 Å². The van der Waals surface area contributed by atoms with E-state index in [2.05, 4.69) is 25.5 Å². The monoisotopic (exact) mass is 598 g/mol. The van der Waals surface area contributed by atoms with Crippen LogP contribution in [-0.2, 0) is 13.2 Å². The van der Waals surface area contributed by atoms with Gasteiger partial charge in [-0.2, -0.15) is 23.4 Å². The number of thiophene rings is 1. The summed E-state index contributed by atoms with van der Waals surface area (Å²) in [6.45, 7) is 3.00. The minimum atomic E-state index is -4.84. The molecule has 5 rings (SSSR count). The van der Waals surface area contributed by atoms with Crippen molar-refractivity contribution in [3.63, 3.8) is 0 Å². The lowest BCUT2D eigenvalue weighted by atomic mass is 10.0. The first-order valence-electron chi connectivity index (χ1n) is 11.2. The molecule has 17 heteroatoms. The Balaban J connectivity index is 1.73. The van der Waals surface area contributed by atoms with Crippen molar-refractivity contribution in [3.8, 4) is 11.1 Å². The number of hydrogen-bond acceptors (Lipinski definition) is 7. The van der Waals surface area contributed by atoms with Crippen molar-refractivity contribution in [2.24, 2.45) is 12.8 Å². The van der Waals surface area contributed by atoms with Crippen LogP contribution in [0.1, 0.15) is 49.4 Å². The standard InChI is InChI=1S/C23H16ClF5N8O2S/c1-7-4-12(23(27,28)29)37-20(32-7)14(24)16(35-37)21(39)34-15-13-9(10-6-31-36(3)8(10)2)5-11(18(25)26)33-22(13)40-17(15)19(30)38/h4-6,18H,1-3H3,(H2,30,38)(H,34,39). The second-order valence-electron chi connectivity index (χ2n) is 8.65. The van der Waals surface area contributed by atoms with Gasteiger partial charge in [0.2, 0.25) is 0 Å². The van der Waals surface area contributed by atoms with Crippen LogP contribution >= 0.6 is 22.9 Å². The van der Waals surface area contributed by atoms with Gasteiger partial charge >= 0.3 is 6.18 Å². The first kappa shape index (κ1) is 27.4. The molecule has 0 atom stereocenters. The van der Waals surface area contributed by atoms with E-state index in [0.29, 0.717) is 27.1 Å². The first-order chi connectivity index (χ1) is 18.7. The number of aromatic nitrogens is 6. The van der Waals surface area contributed by atoms with Crippen LogP contribution in [0.15, 0.2) is 18.3 Å².